The minimum absolute atomic E-state index is 0.182. The molecule has 0 saturated heterocycles. The van der Waals surface area contributed by atoms with Crippen LogP contribution in [0.3, 0.4) is 0 Å². The first kappa shape index (κ1) is 24.8. The van der Waals surface area contributed by atoms with Gasteiger partial charge in [0, 0.05) is 23.9 Å². The fraction of sp³-hybridized carbons (Fsp3) is 0.273. The average Bonchev–Trinajstić information content (AvgIpc) is 3.57. The first-order valence-corrected chi connectivity index (χ1v) is 10.8. The number of urea groups is 1. The SMILES string of the molecule is C[C@@H](N(CCO)C(=O)Nc1ccc(-n2cnnn2)cc1)[C@](O)(Cn1cncn1)c1ccc(F)cc1F. The van der Waals surface area contributed by atoms with Crippen molar-refractivity contribution in [1.82, 2.24) is 39.9 Å². The van der Waals surface area contributed by atoms with Crippen molar-refractivity contribution in [2.75, 3.05) is 18.5 Å². The number of aliphatic hydroxyl groups is 2. The van der Waals surface area contributed by atoms with Crippen LogP contribution in [-0.2, 0) is 12.1 Å². The van der Waals surface area contributed by atoms with Gasteiger partial charge in [-0.3, -0.25) is 0 Å². The Kier molecular flexibility index (Phi) is 7.26. The van der Waals surface area contributed by atoms with Crippen LogP contribution in [0.5, 0.6) is 0 Å². The Morgan fingerprint density at radius 2 is 1.97 bits per heavy atom. The lowest BCUT2D eigenvalue weighted by Gasteiger charge is -2.41. The number of hydrogen-bond acceptors (Lipinski definition) is 8. The summed E-state index contributed by atoms with van der Waals surface area (Å²) in [7, 11) is 0. The minimum Gasteiger partial charge on any atom is -0.395 e. The van der Waals surface area contributed by atoms with Crippen molar-refractivity contribution in [3.63, 3.8) is 0 Å². The van der Waals surface area contributed by atoms with Gasteiger partial charge in [-0.1, -0.05) is 6.07 Å². The number of anilines is 1. The van der Waals surface area contributed by atoms with E-state index >= 15 is 0 Å². The maximum atomic E-state index is 14.9. The van der Waals surface area contributed by atoms with Gasteiger partial charge in [-0.15, -0.1) is 5.10 Å². The van der Waals surface area contributed by atoms with Gasteiger partial charge in [-0.05, 0) is 47.7 Å². The van der Waals surface area contributed by atoms with Crippen LogP contribution in [-0.4, -0.2) is 75.3 Å². The molecule has 3 N–H and O–H groups in total. The Hall–Kier alpha value is -4.30. The van der Waals surface area contributed by atoms with Crippen molar-refractivity contribution in [3.8, 4) is 5.69 Å². The van der Waals surface area contributed by atoms with E-state index in [9.17, 15) is 23.8 Å². The number of carbonyl (C=O) groups is 1. The third kappa shape index (κ3) is 5.18. The molecule has 2 amide bonds. The van der Waals surface area contributed by atoms with E-state index in [2.05, 4.69) is 30.9 Å². The van der Waals surface area contributed by atoms with E-state index in [-0.39, 0.29) is 18.7 Å². The number of aliphatic hydroxyl groups excluding tert-OH is 1. The minimum atomic E-state index is -2.07. The first-order valence-electron chi connectivity index (χ1n) is 10.8. The molecule has 0 spiro atoms. The van der Waals surface area contributed by atoms with Crippen LogP contribution in [0.15, 0.2) is 61.4 Å². The molecule has 188 valence electrons. The van der Waals surface area contributed by atoms with Crippen molar-refractivity contribution in [1.29, 1.82) is 0 Å². The zero-order chi connectivity index (χ0) is 25.7. The van der Waals surface area contributed by atoms with Crippen molar-refractivity contribution in [3.05, 3.63) is 78.6 Å². The standard InChI is InChI=1S/C22H23F2N9O3/c1-15(22(36,11-31-13-25-12-27-31)19-7-2-16(23)10-20(19)24)32(8-9-34)21(35)28-17-3-5-18(6-4-17)33-14-26-29-30-33/h2-7,10,12-15,34,36H,8-9,11H2,1H3,(H,28,35)/t15-,22-/m1/s1. The van der Waals surface area contributed by atoms with Crippen LogP contribution in [0.1, 0.15) is 12.5 Å². The number of amides is 2. The summed E-state index contributed by atoms with van der Waals surface area (Å²) < 4.78 is 31.2. The third-order valence-electron chi connectivity index (χ3n) is 5.76. The molecule has 2 aromatic heterocycles. The molecule has 36 heavy (non-hydrogen) atoms. The molecular weight excluding hydrogens is 476 g/mol. The summed E-state index contributed by atoms with van der Waals surface area (Å²) >= 11 is 0. The molecule has 2 aromatic carbocycles. The molecule has 12 nitrogen and oxygen atoms in total. The Bertz CT molecular complexity index is 1290. The van der Waals surface area contributed by atoms with Crippen molar-refractivity contribution < 1.29 is 23.8 Å². The third-order valence-corrected chi connectivity index (χ3v) is 5.76. The summed E-state index contributed by atoms with van der Waals surface area (Å²) in [6.07, 6.45) is 3.98. The molecule has 0 aliphatic carbocycles. The van der Waals surface area contributed by atoms with E-state index in [1.807, 2.05) is 0 Å². The van der Waals surface area contributed by atoms with Gasteiger partial charge in [0.1, 0.15) is 36.2 Å². The Morgan fingerprint density at radius 1 is 1.19 bits per heavy atom. The highest BCUT2D eigenvalue weighted by Gasteiger charge is 2.43. The number of carbonyl (C=O) groups excluding carboxylic acids is 1. The summed E-state index contributed by atoms with van der Waals surface area (Å²) in [6.45, 7) is 0.585. The van der Waals surface area contributed by atoms with Crippen LogP contribution in [0.25, 0.3) is 5.69 Å². The number of aromatic nitrogens is 7. The van der Waals surface area contributed by atoms with Gasteiger partial charge in [-0.25, -0.2) is 27.9 Å². The second-order valence-corrected chi connectivity index (χ2v) is 7.97. The number of halogens is 2. The predicted octanol–water partition coefficient (Wildman–Crippen LogP) is 1.33. The van der Waals surface area contributed by atoms with E-state index in [1.165, 1.54) is 35.3 Å². The lowest BCUT2D eigenvalue weighted by atomic mass is 9.85. The zero-order valence-corrected chi connectivity index (χ0v) is 19.1. The second kappa shape index (κ2) is 10.5. The fourth-order valence-corrected chi connectivity index (χ4v) is 3.85. The molecule has 0 radical (unpaired) electrons. The van der Waals surface area contributed by atoms with Crippen molar-refractivity contribution >= 4 is 11.7 Å². The number of rotatable bonds is 9. The normalized spacial score (nSPS) is 13.7. The Morgan fingerprint density at radius 3 is 2.58 bits per heavy atom. The molecule has 0 bridgehead atoms. The molecule has 4 aromatic rings. The molecule has 0 fully saturated rings. The highest BCUT2D eigenvalue weighted by Crippen LogP contribution is 2.33. The van der Waals surface area contributed by atoms with E-state index in [1.54, 1.807) is 24.3 Å². The maximum Gasteiger partial charge on any atom is 0.322 e. The maximum absolute atomic E-state index is 14.9. The van der Waals surface area contributed by atoms with E-state index < -0.39 is 35.9 Å². The molecular formula is C22H23F2N9O3. The summed E-state index contributed by atoms with van der Waals surface area (Å²) in [5.74, 6) is -1.81. The number of nitrogens with one attached hydrogen (secondary N) is 1. The topological polar surface area (TPSA) is 147 Å². The smallest absolute Gasteiger partial charge is 0.322 e. The van der Waals surface area contributed by atoms with Gasteiger partial charge >= 0.3 is 6.03 Å². The van der Waals surface area contributed by atoms with Gasteiger partial charge < -0.3 is 20.4 Å². The zero-order valence-electron chi connectivity index (χ0n) is 19.1. The molecule has 2 atom stereocenters. The van der Waals surface area contributed by atoms with Crippen LogP contribution >= 0.6 is 0 Å². The number of benzene rings is 2. The van der Waals surface area contributed by atoms with Crippen LogP contribution in [0, 0.1) is 11.6 Å². The number of nitrogens with zero attached hydrogens (tertiary/aromatic N) is 8. The highest BCUT2D eigenvalue weighted by atomic mass is 19.1. The van der Waals surface area contributed by atoms with Crippen LogP contribution in [0.2, 0.25) is 0 Å². The lowest BCUT2D eigenvalue weighted by molar-refractivity contribution is -0.0526. The first-order chi connectivity index (χ1) is 17.3. The number of tetrazole rings is 1. The largest absolute Gasteiger partial charge is 0.395 e. The molecule has 4 rings (SSSR count). The Labute approximate surface area is 203 Å². The van der Waals surface area contributed by atoms with E-state index in [4.69, 9.17) is 0 Å². The van der Waals surface area contributed by atoms with Crippen LogP contribution in [0.4, 0.5) is 19.3 Å². The number of hydrogen-bond donors (Lipinski definition) is 3. The van der Waals surface area contributed by atoms with Gasteiger partial charge in [0.25, 0.3) is 0 Å². The lowest BCUT2D eigenvalue weighted by Crippen LogP contribution is -2.55. The summed E-state index contributed by atoms with van der Waals surface area (Å²) in [6, 6.07) is 7.62. The Balaban J connectivity index is 1.62. The highest BCUT2D eigenvalue weighted by molar-refractivity contribution is 5.89. The van der Waals surface area contributed by atoms with E-state index in [0.717, 1.165) is 17.0 Å². The van der Waals surface area contributed by atoms with Crippen LogP contribution < -0.4 is 5.32 Å². The van der Waals surface area contributed by atoms with Crippen molar-refractivity contribution in [2.45, 2.75) is 25.1 Å². The fourth-order valence-electron chi connectivity index (χ4n) is 3.85. The summed E-state index contributed by atoms with van der Waals surface area (Å²) in [5.41, 5.74) is -1.23. The molecule has 0 aliphatic rings. The van der Waals surface area contributed by atoms with Crippen molar-refractivity contribution in [2.24, 2.45) is 0 Å². The van der Waals surface area contributed by atoms with Gasteiger partial charge in [0.2, 0.25) is 0 Å². The summed E-state index contributed by atoms with van der Waals surface area (Å²) in [4.78, 5) is 18.2. The monoisotopic (exact) mass is 499 g/mol. The van der Waals surface area contributed by atoms with Gasteiger partial charge in [0.05, 0.1) is 24.9 Å². The van der Waals surface area contributed by atoms with Gasteiger partial charge in [0.15, 0.2) is 0 Å². The average molecular weight is 499 g/mol. The molecule has 2 heterocycles. The van der Waals surface area contributed by atoms with Gasteiger partial charge in [-0.2, -0.15) is 5.10 Å². The second-order valence-electron chi connectivity index (χ2n) is 7.97. The molecule has 0 aliphatic heterocycles. The predicted molar refractivity (Wildman–Crippen MR) is 122 cm³/mol. The molecule has 0 saturated carbocycles. The molecule has 0 unspecified atom stereocenters. The van der Waals surface area contributed by atoms with E-state index in [0.29, 0.717) is 17.4 Å². The summed E-state index contributed by atoms with van der Waals surface area (Å²) in [5, 5.41) is 39.0. The molecule has 14 heteroatoms. The quantitative estimate of drug-likeness (QED) is 0.313.